The van der Waals surface area contributed by atoms with Crippen LogP contribution in [0.2, 0.25) is 0 Å². The van der Waals surface area contributed by atoms with Crippen LogP contribution in [-0.4, -0.2) is 17.7 Å². The summed E-state index contributed by atoms with van der Waals surface area (Å²) in [6.07, 6.45) is 0. The molecule has 0 saturated carbocycles. The summed E-state index contributed by atoms with van der Waals surface area (Å²) in [4.78, 5) is 11.4. The minimum Gasteiger partial charge on any atom is -0.507 e. The van der Waals surface area contributed by atoms with E-state index in [1.54, 1.807) is 26.0 Å². The Morgan fingerprint density at radius 3 is 2.79 bits per heavy atom. The Balaban J connectivity index is 3.09. The molecule has 0 amide bonds. The molecule has 1 rings (SSSR count). The Hall–Kier alpha value is -0.780. The summed E-state index contributed by atoms with van der Waals surface area (Å²) in [6, 6.07) is 3.19. The zero-order chi connectivity index (χ0) is 10.7. The normalized spacial score (nSPS) is 9.93. The Morgan fingerprint density at radius 2 is 2.21 bits per heavy atom. The molecule has 0 radical (unpaired) electrons. The standard InChI is InChI=1S/C10H11IO3/c1-3-14-10(13)7-5-8(11)9(12)4-6(7)2/h4-5,12H,3H2,1-2H3. The smallest absolute Gasteiger partial charge is 0.338 e. The quantitative estimate of drug-likeness (QED) is 0.674. The SMILES string of the molecule is CCOC(=O)c1cc(I)c(O)cc1C. The molecule has 4 heteroatoms. The van der Waals surface area contributed by atoms with Crippen LogP contribution in [0.3, 0.4) is 0 Å². The van der Waals surface area contributed by atoms with E-state index in [2.05, 4.69) is 0 Å². The van der Waals surface area contributed by atoms with E-state index in [1.165, 1.54) is 0 Å². The third kappa shape index (κ3) is 2.37. The van der Waals surface area contributed by atoms with Crippen LogP contribution >= 0.6 is 22.6 Å². The van der Waals surface area contributed by atoms with Gasteiger partial charge in [0.2, 0.25) is 0 Å². The first-order valence-electron chi connectivity index (χ1n) is 4.22. The Labute approximate surface area is 96.2 Å². The van der Waals surface area contributed by atoms with Gasteiger partial charge in [0.05, 0.1) is 15.7 Å². The lowest BCUT2D eigenvalue weighted by atomic mass is 10.1. The highest BCUT2D eigenvalue weighted by molar-refractivity contribution is 14.1. The molecule has 0 atom stereocenters. The van der Waals surface area contributed by atoms with Gasteiger partial charge < -0.3 is 9.84 Å². The lowest BCUT2D eigenvalue weighted by molar-refractivity contribution is 0.0525. The molecule has 1 N–H and O–H groups in total. The Kier molecular flexibility index (Phi) is 3.74. The van der Waals surface area contributed by atoms with Gasteiger partial charge in [-0.25, -0.2) is 4.79 Å². The highest BCUT2D eigenvalue weighted by atomic mass is 127. The summed E-state index contributed by atoms with van der Waals surface area (Å²) < 4.78 is 5.53. The van der Waals surface area contributed by atoms with Gasteiger partial charge in [0.1, 0.15) is 5.75 Å². The van der Waals surface area contributed by atoms with Crippen LogP contribution in [-0.2, 0) is 4.74 Å². The van der Waals surface area contributed by atoms with Crippen LogP contribution in [0.1, 0.15) is 22.8 Å². The molecule has 0 unspecified atom stereocenters. The van der Waals surface area contributed by atoms with Crippen LogP contribution in [0.25, 0.3) is 0 Å². The average Bonchev–Trinajstić information content (AvgIpc) is 2.11. The number of benzene rings is 1. The Bertz CT molecular complexity index is 361. The molecule has 0 bridgehead atoms. The summed E-state index contributed by atoms with van der Waals surface area (Å²) in [6.45, 7) is 3.89. The summed E-state index contributed by atoms with van der Waals surface area (Å²) in [5, 5.41) is 9.38. The number of phenolic OH excluding ortho intramolecular Hbond substituents is 1. The van der Waals surface area contributed by atoms with Crippen LogP contribution < -0.4 is 0 Å². The number of rotatable bonds is 2. The lowest BCUT2D eigenvalue weighted by Gasteiger charge is -2.06. The number of esters is 1. The second-order valence-corrected chi connectivity index (χ2v) is 4.00. The zero-order valence-corrected chi connectivity index (χ0v) is 10.2. The summed E-state index contributed by atoms with van der Waals surface area (Å²) in [5.41, 5.74) is 1.23. The van der Waals surface area contributed by atoms with E-state index < -0.39 is 0 Å². The number of carbonyl (C=O) groups is 1. The second kappa shape index (κ2) is 4.63. The van der Waals surface area contributed by atoms with Gasteiger partial charge in [-0.05, 0) is 54.1 Å². The van der Waals surface area contributed by atoms with Crippen molar-refractivity contribution in [1.29, 1.82) is 0 Å². The molecule has 0 aliphatic rings. The fourth-order valence-corrected chi connectivity index (χ4v) is 1.56. The molecule has 0 heterocycles. The van der Waals surface area contributed by atoms with Crippen molar-refractivity contribution in [1.82, 2.24) is 0 Å². The maximum absolute atomic E-state index is 11.4. The molecule has 14 heavy (non-hydrogen) atoms. The maximum atomic E-state index is 11.4. The fraction of sp³-hybridized carbons (Fsp3) is 0.300. The molecular formula is C10H11IO3. The highest BCUT2D eigenvalue weighted by Gasteiger charge is 2.12. The van der Waals surface area contributed by atoms with Crippen LogP contribution in [0.4, 0.5) is 0 Å². The summed E-state index contributed by atoms with van der Waals surface area (Å²) >= 11 is 1.97. The second-order valence-electron chi connectivity index (χ2n) is 2.84. The first-order valence-corrected chi connectivity index (χ1v) is 5.30. The molecule has 1 aromatic carbocycles. The molecule has 0 saturated heterocycles. The summed E-state index contributed by atoms with van der Waals surface area (Å²) in [7, 11) is 0. The van der Waals surface area contributed by atoms with Crippen LogP contribution in [0, 0.1) is 10.5 Å². The first kappa shape index (κ1) is 11.3. The van der Waals surface area contributed by atoms with Gasteiger partial charge >= 0.3 is 5.97 Å². The molecular weight excluding hydrogens is 295 g/mol. The van der Waals surface area contributed by atoms with Crippen molar-refractivity contribution in [3.05, 3.63) is 26.8 Å². The molecule has 0 aromatic heterocycles. The van der Waals surface area contributed by atoms with Crippen molar-refractivity contribution in [2.24, 2.45) is 0 Å². The molecule has 1 aromatic rings. The van der Waals surface area contributed by atoms with E-state index in [-0.39, 0.29) is 11.7 Å². The van der Waals surface area contributed by atoms with Crippen LogP contribution in [0.15, 0.2) is 12.1 Å². The Morgan fingerprint density at radius 1 is 1.57 bits per heavy atom. The highest BCUT2D eigenvalue weighted by Crippen LogP contribution is 2.24. The largest absolute Gasteiger partial charge is 0.507 e. The number of phenols is 1. The average molecular weight is 306 g/mol. The number of hydrogen-bond donors (Lipinski definition) is 1. The molecule has 0 spiro atoms. The molecule has 0 aliphatic heterocycles. The third-order valence-corrected chi connectivity index (χ3v) is 2.65. The van der Waals surface area contributed by atoms with Crippen molar-refractivity contribution in [3.8, 4) is 5.75 Å². The van der Waals surface area contributed by atoms with E-state index >= 15 is 0 Å². The monoisotopic (exact) mass is 306 g/mol. The van der Waals surface area contributed by atoms with Gasteiger partial charge in [-0.3, -0.25) is 0 Å². The topological polar surface area (TPSA) is 46.5 Å². The van der Waals surface area contributed by atoms with Crippen molar-refractivity contribution in [2.75, 3.05) is 6.61 Å². The third-order valence-electron chi connectivity index (χ3n) is 1.79. The van der Waals surface area contributed by atoms with Crippen LogP contribution in [0.5, 0.6) is 5.75 Å². The van der Waals surface area contributed by atoms with Crippen molar-refractivity contribution in [3.63, 3.8) is 0 Å². The fourth-order valence-electron chi connectivity index (χ4n) is 1.10. The predicted molar refractivity (Wildman–Crippen MR) is 61.5 cm³/mol. The number of aryl methyl sites for hydroxylation is 1. The maximum Gasteiger partial charge on any atom is 0.338 e. The minimum absolute atomic E-state index is 0.191. The van der Waals surface area contributed by atoms with Gasteiger partial charge in [0.25, 0.3) is 0 Å². The molecule has 0 aliphatic carbocycles. The number of ether oxygens (including phenoxy) is 1. The molecule has 0 fully saturated rings. The summed E-state index contributed by atoms with van der Waals surface area (Å²) in [5.74, 6) is -0.154. The van der Waals surface area contributed by atoms with Gasteiger partial charge in [-0.2, -0.15) is 0 Å². The lowest BCUT2D eigenvalue weighted by Crippen LogP contribution is -2.06. The molecule has 3 nitrogen and oxygen atoms in total. The van der Waals surface area contributed by atoms with E-state index in [4.69, 9.17) is 4.74 Å². The first-order chi connectivity index (χ1) is 6.56. The molecule has 76 valence electrons. The van der Waals surface area contributed by atoms with Gasteiger partial charge in [-0.1, -0.05) is 0 Å². The number of hydrogen-bond acceptors (Lipinski definition) is 3. The number of aromatic hydroxyl groups is 1. The number of halogens is 1. The van der Waals surface area contributed by atoms with Crippen molar-refractivity contribution in [2.45, 2.75) is 13.8 Å². The van der Waals surface area contributed by atoms with Gasteiger partial charge in [0, 0.05) is 0 Å². The predicted octanol–water partition coefficient (Wildman–Crippen LogP) is 2.48. The van der Waals surface area contributed by atoms with E-state index in [9.17, 15) is 9.90 Å². The van der Waals surface area contributed by atoms with E-state index in [1.807, 2.05) is 22.6 Å². The van der Waals surface area contributed by atoms with E-state index in [0.29, 0.717) is 15.7 Å². The van der Waals surface area contributed by atoms with Gasteiger partial charge in [0.15, 0.2) is 0 Å². The zero-order valence-electron chi connectivity index (χ0n) is 8.00. The van der Waals surface area contributed by atoms with Crippen molar-refractivity contribution >= 4 is 28.6 Å². The number of carbonyl (C=O) groups excluding carboxylic acids is 1. The van der Waals surface area contributed by atoms with Gasteiger partial charge in [-0.15, -0.1) is 0 Å². The minimum atomic E-state index is -0.345. The van der Waals surface area contributed by atoms with Crippen molar-refractivity contribution < 1.29 is 14.6 Å². The van der Waals surface area contributed by atoms with E-state index in [0.717, 1.165) is 5.56 Å².